The van der Waals surface area contributed by atoms with E-state index in [1.165, 1.54) is 0 Å². The number of hydrogen-bond acceptors (Lipinski definition) is 3. The molecule has 1 aromatic heterocycles. The van der Waals surface area contributed by atoms with E-state index in [1.807, 2.05) is 29.9 Å². The average Bonchev–Trinajstić information content (AvgIpc) is 2.93. The Morgan fingerprint density at radius 1 is 1.43 bits per heavy atom. The van der Waals surface area contributed by atoms with Crippen molar-refractivity contribution in [1.82, 2.24) is 9.78 Å². The van der Waals surface area contributed by atoms with Crippen molar-refractivity contribution >= 4 is 5.97 Å². The van der Waals surface area contributed by atoms with Gasteiger partial charge in [-0.05, 0) is 38.5 Å². The molecule has 0 fully saturated rings. The molecule has 0 aliphatic heterocycles. The number of hydrogen-bond donors (Lipinski definition) is 1. The second-order valence-corrected chi connectivity index (χ2v) is 5.14. The molecule has 1 heterocycles. The SMILES string of the molecule is CCC(C)n1ccc(COc2ccc(C)cc2C(=O)O)n1. The van der Waals surface area contributed by atoms with E-state index in [0.29, 0.717) is 11.8 Å². The molecule has 2 aromatic rings. The fourth-order valence-electron chi connectivity index (χ4n) is 1.98. The minimum atomic E-state index is -0.987. The fraction of sp³-hybridized carbons (Fsp3) is 0.375. The van der Waals surface area contributed by atoms with Crippen molar-refractivity contribution in [2.24, 2.45) is 0 Å². The first-order chi connectivity index (χ1) is 10.0. The van der Waals surface area contributed by atoms with Crippen molar-refractivity contribution in [3.8, 4) is 5.75 Å². The summed E-state index contributed by atoms with van der Waals surface area (Å²) >= 11 is 0. The van der Waals surface area contributed by atoms with Crippen molar-refractivity contribution < 1.29 is 14.6 Å². The van der Waals surface area contributed by atoms with Crippen molar-refractivity contribution in [2.75, 3.05) is 0 Å². The lowest BCUT2D eigenvalue weighted by atomic mass is 10.1. The van der Waals surface area contributed by atoms with Crippen LogP contribution in [0.1, 0.15) is 47.9 Å². The molecule has 0 radical (unpaired) electrons. The molecular weight excluding hydrogens is 268 g/mol. The van der Waals surface area contributed by atoms with Gasteiger partial charge < -0.3 is 9.84 Å². The molecule has 5 nitrogen and oxygen atoms in total. The Morgan fingerprint density at radius 3 is 2.86 bits per heavy atom. The van der Waals surface area contributed by atoms with Crippen LogP contribution in [0.15, 0.2) is 30.5 Å². The summed E-state index contributed by atoms with van der Waals surface area (Å²) in [4.78, 5) is 11.2. The molecule has 2 rings (SSSR count). The highest BCUT2D eigenvalue weighted by atomic mass is 16.5. The molecule has 0 bridgehead atoms. The van der Waals surface area contributed by atoms with Crippen LogP contribution < -0.4 is 4.74 Å². The van der Waals surface area contributed by atoms with E-state index < -0.39 is 5.97 Å². The number of nitrogens with zero attached hydrogens (tertiary/aromatic N) is 2. The Kier molecular flexibility index (Phi) is 4.62. The lowest BCUT2D eigenvalue weighted by Crippen LogP contribution is -2.07. The number of aromatic carboxylic acids is 1. The third kappa shape index (κ3) is 3.62. The van der Waals surface area contributed by atoms with Crippen LogP contribution in [0.25, 0.3) is 0 Å². The Balaban J connectivity index is 2.09. The number of rotatable bonds is 6. The van der Waals surface area contributed by atoms with Gasteiger partial charge in [0.25, 0.3) is 0 Å². The van der Waals surface area contributed by atoms with Crippen LogP contribution in [0, 0.1) is 6.92 Å². The number of benzene rings is 1. The van der Waals surface area contributed by atoms with Gasteiger partial charge in [-0.3, -0.25) is 4.68 Å². The van der Waals surface area contributed by atoms with Gasteiger partial charge in [0.1, 0.15) is 17.9 Å². The summed E-state index contributed by atoms with van der Waals surface area (Å²) in [6.07, 6.45) is 2.92. The van der Waals surface area contributed by atoms with Crippen molar-refractivity contribution in [3.63, 3.8) is 0 Å². The smallest absolute Gasteiger partial charge is 0.339 e. The second-order valence-electron chi connectivity index (χ2n) is 5.14. The summed E-state index contributed by atoms with van der Waals surface area (Å²) in [5.41, 5.74) is 1.85. The first-order valence-corrected chi connectivity index (χ1v) is 7.02. The second kappa shape index (κ2) is 6.43. The van der Waals surface area contributed by atoms with Gasteiger partial charge in [0.2, 0.25) is 0 Å². The fourth-order valence-corrected chi connectivity index (χ4v) is 1.98. The van der Waals surface area contributed by atoms with E-state index in [2.05, 4.69) is 18.9 Å². The van der Waals surface area contributed by atoms with E-state index in [0.717, 1.165) is 17.7 Å². The van der Waals surface area contributed by atoms with Gasteiger partial charge in [0, 0.05) is 12.2 Å². The van der Waals surface area contributed by atoms with Gasteiger partial charge in [-0.1, -0.05) is 18.6 Å². The zero-order chi connectivity index (χ0) is 15.4. The van der Waals surface area contributed by atoms with E-state index in [1.54, 1.807) is 12.1 Å². The number of ether oxygens (including phenoxy) is 1. The molecule has 5 heteroatoms. The van der Waals surface area contributed by atoms with Gasteiger partial charge in [-0.2, -0.15) is 5.10 Å². The Hall–Kier alpha value is -2.30. The molecule has 0 amide bonds. The molecule has 21 heavy (non-hydrogen) atoms. The van der Waals surface area contributed by atoms with E-state index in [-0.39, 0.29) is 12.2 Å². The van der Waals surface area contributed by atoms with Gasteiger partial charge >= 0.3 is 5.97 Å². The number of carbonyl (C=O) groups is 1. The average molecular weight is 288 g/mol. The summed E-state index contributed by atoms with van der Waals surface area (Å²) in [5.74, 6) is -0.620. The quantitative estimate of drug-likeness (QED) is 0.884. The standard InChI is InChI=1S/C16H20N2O3/c1-4-12(3)18-8-7-13(17-18)10-21-15-6-5-11(2)9-14(15)16(19)20/h5-9,12H,4,10H2,1-3H3,(H,19,20). The number of carboxylic acid groups (broad SMARTS) is 1. The molecule has 1 atom stereocenters. The molecule has 1 N–H and O–H groups in total. The zero-order valence-electron chi connectivity index (χ0n) is 12.5. The van der Waals surface area contributed by atoms with Crippen LogP contribution in [0.3, 0.4) is 0 Å². The lowest BCUT2D eigenvalue weighted by molar-refractivity contribution is 0.0691. The molecule has 0 spiro atoms. The molecule has 0 aliphatic rings. The minimum absolute atomic E-state index is 0.177. The summed E-state index contributed by atoms with van der Waals surface area (Å²) in [6.45, 7) is 6.31. The number of aromatic nitrogens is 2. The van der Waals surface area contributed by atoms with Gasteiger partial charge in [-0.25, -0.2) is 4.79 Å². The van der Waals surface area contributed by atoms with Crippen molar-refractivity contribution in [1.29, 1.82) is 0 Å². The molecule has 112 valence electrons. The van der Waals surface area contributed by atoms with E-state index in [9.17, 15) is 9.90 Å². The lowest BCUT2D eigenvalue weighted by Gasteiger charge is -2.10. The Labute approximate surface area is 124 Å². The molecule has 0 saturated heterocycles. The number of aryl methyl sites for hydroxylation is 1. The van der Waals surface area contributed by atoms with Crippen LogP contribution in [0.2, 0.25) is 0 Å². The normalized spacial score (nSPS) is 12.1. The minimum Gasteiger partial charge on any atom is -0.486 e. The topological polar surface area (TPSA) is 64.3 Å². The van der Waals surface area contributed by atoms with Crippen LogP contribution in [0.4, 0.5) is 0 Å². The van der Waals surface area contributed by atoms with Gasteiger partial charge in [-0.15, -0.1) is 0 Å². The maximum Gasteiger partial charge on any atom is 0.339 e. The van der Waals surface area contributed by atoms with Gasteiger partial charge in [0.15, 0.2) is 0 Å². The van der Waals surface area contributed by atoms with Crippen molar-refractivity contribution in [3.05, 3.63) is 47.3 Å². The molecule has 0 saturated carbocycles. The summed E-state index contributed by atoms with van der Waals surface area (Å²) in [7, 11) is 0. The molecule has 1 aromatic carbocycles. The Morgan fingerprint density at radius 2 is 2.19 bits per heavy atom. The van der Waals surface area contributed by atoms with Gasteiger partial charge in [0.05, 0.1) is 5.69 Å². The highest BCUT2D eigenvalue weighted by Crippen LogP contribution is 2.21. The molecule has 1 unspecified atom stereocenters. The first kappa shape index (κ1) is 15.1. The van der Waals surface area contributed by atoms with Crippen LogP contribution in [-0.2, 0) is 6.61 Å². The zero-order valence-corrected chi connectivity index (χ0v) is 12.5. The predicted molar refractivity (Wildman–Crippen MR) is 79.7 cm³/mol. The highest BCUT2D eigenvalue weighted by Gasteiger charge is 2.12. The van der Waals surface area contributed by atoms with Crippen molar-refractivity contribution in [2.45, 2.75) is 39.8 Å². The van der Waals surface area contributed by atoms with Crippen LogP contribution >= 0.6 is 0 Å². The third-order valence-corrected chi connectivity index (χ3v) is 3.45. The predicted octanol–water partition coefficient (Wildman–Crippen LogP) is 3.44. The van der Waals surface area contributed by atoms with E-state index in [4.69, 9.17) is 4.74 Å². The first-order valence-electron chi connectivity index (χ1n) is 7.02. The summed E-state index contributed by atoms with van der Waals surface area (Å²) in [6, 6.07) is 7.35. The van der Waals surface area contributed by atoms with Crippen LogP contribution in [0.5, 0.6) is 5.75 Å². The monoisotopic (exact) mass is 288 g/mol. The third-order valence-electron chi connectivity index (χ3n) is 3.45. The maximum atomic E-state index is 11.2. The maximum absolute atomic E-state index is 11.2. The highest BCUT2D eigenvalue weighted by molar-refractivity contribution is 5.91. The summed E-state index contributed by atoms with van der Waals surface area (Å²) < 4.78 is 7.50. The molecule has 0 aliphatic carbocycles. The number of carboxylic acids is 1. The van der Waals surface area contributed by atoms with Crippen LogP contribution in [-0.4, -0.2) is 20.9 Å². The molecular formula is C16H20N2O3. The Bertz CT molecular complexity index is 634. The summed E-state index contributed by atoms with van der Waals surface area (Å²) in [5, 5.41) is 13.6. The van der Waals surface area contributed by atoms with E-state index >= 15 is 0 Å². The largest absolute Gasteiger partial charge is 0.486 e.